The molecule has 4 nitrogen and oxygen atoms in total. The number of hydrogen-bond acceptors (Lipinski definition) is 4. The molecule has 108 valence electrons. The standard InChI is InChI=1S/C12H18ClN3OS.ClH/c1-15(7-10-2-3-11(13)18-10)12(17)8-16-5-4-9(14)6-16;/h2-3,9H,4-8,14H2,1H3;1H/t9-;/m1./s1. The average Bonchev–Trinajstić information content (AvgIpc) is 2.88. The van der Waals surface area contributed by atoms with Crippen molar-refractivity contribution in [3.63, 3.8) is 0 Å². The highest BCUT2D eigenvalue weighted by molar-refractivity contribution is 7.16. The van der Waals surface area contributed by atoms with Gasteiger partial charge in [-0.25, -0.2) is 0 Å². The summed E-state index contributed by atoms with van der Waals surface area (Å²) in [5.41, 5.74) is 5.82. The van der Waals surface area contributed by atoms with Crippen molar-refractivity contribution in [3.05, 3.63) is 21.3 Å². The average molecular weight is 324 g/mol. The second-order valence-corrected chi connectivity index (χ2v) is 6.54. The molecule has 7 heteroatoms. The van der Waals surface area contributed by atoms with Crippen LogP contribution in [0.5, 0.6) is 0 Å². The third-order valence-electron chi connectivity index (χ3n) is 3.12. The molecule has 1 saturated heterocycles. The molecule has 0 bridgehead atoms. The fourth-order valence-electron chi connectivity index (χ4n) is 2.08. The van der Waals surface area contributed by atoms with Gasteiger partial charge in [0.25, 0.3) is 0 Å². The summed E-state index contributed by atoms with van der Waals surface area (Å²) in [5.74, 6) is 0.133. The van der Waals surface area contributed by atoms with Crippen molar-refractivity contribution in [2.45, 2.75) is 19.0 Å². The highest BCUT2D eigenvalue weighted by Gasteiger charge is 2.22. The molecule has 1 aliphatic rings. The highest BCUT2D eigenvalue weighted by Crippen LogP contribution is 2.22. The Kier molecular flexibility index (Phi) is 6.56. The first-order chi connectivity index (χ1) is 8.54. The smallest absolute Gasteiger partial charge is 0.236 e. The number of thiophene rings is 1. The lowest BCUT2D eigenvalue weighted by Gasteiger charge is -2.20. The monoisotopic (exact) mass is 323 g/mol. The number of likely N-dealkylation sites (N-methyl/N-ethyl adjacent to an activating group) is 1. The molecule has 2 heterocycles. The van der Waals surface area contributed by atoms with Crippen molar-refractivity contribution in [2.75, 3.05) is 26.7 Å². The second-order valence-electron chi connectivity index (χ2n) is 4.74. The molecule has 0 spiro atoms. The van der Waals surface area contributed by atoms with Crippen molar-refractivity contribution in [3.8, 4) is 0 Å². The molecule has 1 atom stereocenters. The van der Waals surface area contributed by atoms with E-state index in [1.54, 1.807) is 4.90 Å². The third kappa shape index (κ3) is 4.93. The van der Waals surface area contributed by atoms with Crippen LogP contribution in [0.15, 0.2) is 12.1 Å². The number of carbonyl (C=O) groups is 1. The van der Waals surface area contributed by atoms with Gasteiger partial charge in [-0.05, 0) is 18.6 Å². The Morgan fingerprint density at radius 3 is 2.89 bits per heavy atom. The van der Waals surface area contributed by atoms with Crippen LogP contribution in [0, 0.1) is 0 Å². The lowest BCUT2D eigenvalue weighted by Crippen LogP contribution is -2.38. The minimum atomic E-state index is 0. The fourth-order valence-corrected chi connectivity index (χ4v) is 3.22. The third-order valence-corrected chi connectivity index (χ3v) is 4.33. The molecule has 2 N–H and O–H groups in total. The zero-order valence-corrected chi connectivity index (χ0v) is 13.2. The van der Waals surface area contributed by atoms with Gasteiger partial charge in [-0.15, -0.1) is 23.7 Å². The zero-order valence-electron chi connectivity index (χ0n) is 10.8. The Morgan fingerprint density at radius 1 is 1.63 bits per heavy atom. The first-order valence-corrected chi connectivity index (χ1v) is 7.20. The summed E-state index contributed by atoms with van der Waals surface area (Å²) in [6.45, 7) is 2.83. The number of nitrogens with two attached hydrogens (primary N) is 1. The molecule has 1 fully saturated rings. The summed E-state index contributed by atoms with van der Waals surface area (Å²) < 4.78 is 0.761. The van der Waals surface area contributed by atoms with Gasteiger partial charge in [0, 0.05) is 31.1 Å². The Balaban J connectivity index is 0.00000180. The van der Waals surface area contributed by atoms with Crippen LogP contribution in [0.2, 0.25) is 4.34 Å². The maximum Gasteiger partial charge on any atom is 0.236 e. The van der Waals surface area contributed by atoms with Crippen LogP contribution in [0.25, 0.3) is 0 Å². The Hall–Kier alpha value is -0.330. The quantitative estimate of drug-likeness (QED) is 0.919. The molecule has 2 rings (SSSR count). The van der Waals surface area contributed by atoms with Gasteiger partial charge in [0.15, 0.2) is 0 Å². The molecule has 0 aliphatic carbocycles. The highest BCUT2D eigenvalue weighted by atomic mass is 35.5. The van der Waals surface area contributed by atoms with Crippen LogP contribution in [0.1, 0.15) is 11.3 Å². The van der Waals surface area contributed by atoms with Gasteiger partial charge in [0.2, 0.25) is 5.91 Å². The van der Waals surface area contributed by atoms with Crippen LogP contribution in [-0.2, 0) is 11.3 Å². The van der Waals surface area contributed by atoms with Gasteiger partial charge in [0.05, 0.1) is 17.4 Å². The Labute approximate surface area is 128 Å². The van der Waals surface area contributed by atoms with Crippen LogP contribution in [-0.4, -0.2) is 48.4 Å². The molecule has 1 aromatic rings. The van der Waals surface area contributed by atoms with Crippen molar-refractivity contribution in [1.29, 1.82) is 0 Å². The molecule has 0 aromatic carbocycles. The van der Waals surface area contributed by atoms with Gasteiger partial charge in [-0.2, -0.15) is 0 Å². The van der Waals surface area contributed by atoms with E-state index in [1.807, 2.05) is 19.2 Å². The normalized spacial score (nSPS) is 19.2. The molecule has 19 heavy (non-hydrogen) atoms. The topological polar surface area (TPSA) is 49.6 Å². The molecule has 1 aromatic heterocycles. The van der Waals surface area contributed by atoms with E-state index >= 15 is 0 Å². The van der Waals surface area contributed by atoms with E-state index in [2.05, 4.69) is 4.90 Å². The number of carbonyl (C=O) groups excluding carboxylic acids is 1. The van der Waals surface area contributed by atoms with Crippen molar-refractivity contribution >= 4 is 41.3 Å². The van der Waals surface area contributed by atoms with Gasteiger partial charge >= 0.3 is 0 Å². The lowest BCUT2D eigenvalue weighted by atomic mass is 10.3. The van der Waals surface area contributed by atoms with Crippen LogP contribution in [0.3, 0.4) is 0 Å². The van der Waals surface area contributed by atoms with Crippen molar-refractivity contribution < 1.29 is 4.79 Å². The molecule has 0 unspecified atom stereocenters. The van der Waals surface area contributed by atoms with Crippen LogP contribution < -0.4 is 5.73 Å². The van der Waals surface area contributed by atoms with Crippen molar-refractivity contribution in [1.82, 2.24) is 9.80 Å². The van der Waals surface area contributed by atoms with Gasteiger partial charge < -0.3 is 10.6 Å². The minimum absolute atomic E-state index is 0. The summed E-state index contributed by atoms with van der Waals surface area (Å²) in [6, 6.07) is 4.04. The predicted molar refractivity (Wildman–Crippen MR) is 82.1 cm³/mol. The largest absolute Gasteiger partial charge is 0.340 e. The molecular weight excluding hydrogens is 305 g/mol. The molecule has 0 saturated carbocycles. The van der Waals surface area contributed by atoms with E-state index in [0.717, 1.165) is 28.7 Å². The summed E-state index contributed by atoms with van der Waals surface area (Å²) in [4.78, 5) is 17.0. The number of halogens is 2. The van der Waals surface area contributed by atoms with E-state index in [9.17, 15) is 4.79 Å². The van der Waals surface area contributed by atoms with E-state index in [4.69, 9.17) is 17.3 Å². The summed E-state index contributed by atoms with van der Waals surface area (Å²) in [5, 5.41) is 0. The van der Waals surface area contributed by atoms with Gasteiger partial charge in [0.1, 0.15) is 0 Å². The molecule has 0 radical (unpaired) electrons. The number of nitrogens with zero attached hydrogens (tertiary/aromatic N) is 2. The van der Waals surface area contributed by atoms with Crippen LogP contribution in [0.4, 0.5) is 0 Å². The maximum absolute atomic E-state index is 12.0. The molecule has 1 amide bonds. The van der Waals surface area contributed by atoms with E-state index < -0.39 is 0 Å². The zero-order chi connectivity index (χ0) is 13.1. The van der Waals surface area contributed by atoms with Crippen LogP contribution >= 0.6 is 35.3 Å². The van der Waals surface area contributed by atoms with E-state index in [0.29, 0.717) is 13.1 Å². The van der Waals surface area contributed by atoms with E-state index in [1.165, 1.54) is 11.3 Å². The number of amides is 1. The summed E-state index contributed by atoms with van der Waals surface area (Å²) >= 11 is 7.38. The first-order valence-electron chi connectivity index (χ1n) is 6.00. The Bertz CT molecular complexity index is 427. The predicted octanol–water partition coefficient (Wildman–Crippen LogP) is 1.81. The molecular formula is C12H19Cl2N3OS. The second kappa shape index (κ2) is 7.45. The fraction of sp³-hybridized carbons (Fsp3) is 0.583. The Morgan fingerprint density at radius 2 is 2.37 bits per heavy atom. The van der Waals surface area contributed by atoms with E-state index in [-0.39, 0.29) is 24.4 Å². The number of hydrogen-bond donors (Lipinski definition) is 1. The summed E-state index contributed by atoms with van der Waals surface area (Å²) in [7, 11) is 1.83. The molecule has 1 aliphatic heterocycles. The maximum atomic E-state index is 12.0. The summed E-state index contributed by atoms with van der Waals surface area (Å²) in [6.07, 6.45) is 0.984. The number of rotatable bonds is 4. The SMILES string of the molecule is CN(Cc1ccc(Cl)s1)C(=O)CN1CC[C@@H](N)C1.Cl. The van der Waals surface area contributed by atoms with Gasteiger partial charge in [-0.1, -0.05) is 11.6 Å². The van der Waals surface area contributed by atoms with Gasteiger partial charge in [-0.3, -0.25) is 9.69 Å². The van der Waals surface area contributed by atoms with Crippen molar-refractivity contribution in [2.24, 2.45) is 5.73 Å². The minimum Gasteiger partial charge on any atom is -0.340 e. The lowest BCUT2D eigenvalue weighted by molar-refractivity contribution is -0.131. The number of likely N-dealkylation sites (tertiary alicyclic amines) is 1. The first kappa shape index (κ1) is 16.7.